The molecule has 0 radical (unpaired) electrons. The van der Waals surface area contributed by atoms with E-state index in [-0.39, 0.29) is 12.5 Å². The molecule has 1 aliphatic heterocycles. The third kappa shape index (κ3) is 2.82. The third-order valence-electron chi connectivity index (χ3n) is 2.57. The van der Waals surface area contributed by atoms with Crippen LogP contribution in [0.2, 0.25) is 0 Å². The summed E-state index contributed by atoms with van der Waals surface area (Å²) in [5.74, 6) is -1.04. The number of aliphatic hydroxyl groups excluding tert-OH is 1. The van der Waals surface area contributed by atoms with E-state index in [1.54, 1.807) is 0 Å². The summed E-state index contributed by atoms with van der Waals surface area (Å²) in [7, 11) is 0. The molecule has 0 aromatic heterocycles. The van der Waals surface area contributed by atoms with E-state index in [4.69, 9.17) is 5.11 Å². The lowest BCUT2D eigenvalue weighted by atomic mass is 10.1. The van der Waals surface area contributed by atoms with Gasteiger partial charge in [-0.25, -0.2) is 4.79 Å². The second-order valence-corrected chi connectivity index (χ2v) is 3.96. The highest BCUT2D eigenvalue weighted by Crippen LogP contribution is 2.15. The van der Waals surface area contributed by atoms with Gasteiger partial charge in [0.1, 0.15) is 6.04 Å². The summed E-state index contributed by atoms with van der Waals surface area (Å²) >= 11 is 0. The van der Waals surface area contributed by atoms with Crippen LogP contribution in [-0.4, -0.2) is 52.3 Å². The Labute approximate surface area is 87.9 Å². The van der Waals surface area contributed by atoms with Gasteiger partial charge >= 0.3 is 12.0 Å². The van der Waals surface area contributed by atoms with Crippen molar-refractivity contribution in [3.8, 4) is 0 Å². The first kappa shape index (κ1) is 11.8. The number of hydrogen-bond donors (Lipinski definition) is 3. The fraction of sp³-hybridized carbons (Fsp3) is 0.778. The number of urea groups is 1. The number of β-amino-alcohol motifs (C(OH)–C–C–N with tert-alkyl or cyclic N) is 1. The number of rotatable bonds is 2. The van der Waals surface area contributed by atoms with Crippen molar-refractivity contribution in [2.24, 2.45) is 5.92 Å². The molecule has 0 aromatic carbocycles. The summed E-state index contributed by atoms with van der Waals surface area (Å²) < 4.78 is 0. The summed E-state index contributed by atoms with van der Waals surface area (Å²) in [5, 5.41) is 20.4. The van der Waals surface area contributed by atoms with Crippen LogP contribution in [-0.2, 0) is 4.79 Å². The number of carboxylic acid groups (broad SMARTS) is 1. The van der Waals surface area contributed by atoms with E-state index in [1.807, 2.05) is 6.92 Å². The Hall–Kier alpha value is -1.30. The average Bonchev–Trinajstić information content (AvgIpc) is 2.46. The van der Waals surface area contributed by atoms with Gasteiger partial charge in [0.2, 0.25) is 0 Å². The van der Waals surface area contributed by atoms with E-state index < -0.39 is 24.1 Å². The van der Waals surface area contributed by atoms with Crippen molar-refractivity contribution in [1.29, 1.82) is 0 Å². The van der Waals surface area contributed by atoms with E-state index in [0.717, 1.165) is 0 Å². The third-order valence-corrected chi connectivity index (χ3v) is 2.57. The van der Waals surface area contributed by atoms with Crippen LogP contribution >= 0.6 is 0 Å². The van der Waals surface area contributed by atoms with Crippen molar-refractivity contribution in [2.75, 3.05) is 13.1 Å². The van der Waals surface area contributed by atoms with Crippen molar-refractivity contribution in [3.05, 3.63) is 0 Å². The molecule has 1 fully saturated rings. The number of carboxylic acids is 1. The zero-order chi connectivity index (χ0) is 11.6. The van der Waals surface area contributed by atoms with E-state index >= 15 is 0 Å². The number of carbonyl (C=O) groups is 2. The smallest absolute Gasteiger partial charge is 0.325 e. The van der Waals surface area contributed by atoms with Crippen molar-refractivity contribution < 1.29 is 19.8 Å². The van der Waals surface area contributed by atoms with Crippen LogP contribution in [0.5, 0.6) is 0 Å². The first-order valence-corrected chi connectivity index (χ1v) is 4.88. The molecule has 0 saturated carbocycles. The number of nitrogens with zero attached hydrogens (tertiary/aromatic N) is 1. The SMILES string of the molecule is CC1CN(C(=O)N[C@@H](C)C(=O)O)CC1O. The molecule has 3 atom stereocenters. The maximum absolute atomic E-state index is 11.5. The molecule has 0 spiro atoms. The Morgan fingerprint density at radius 1 is 1.47 bits per heavy atom. The van der Waals surface area contributed by atoms with Gasteiger partial charge in [0.25, 0.3) is 0 Å². The van der Waals surface area contributed by atoms with Crippen molar-refractivity contribution in [1.82, 2.24) is 10.2 Å². The number of aliphatic carboxylic acids is 1. The van der Waals surface area contributed by atoms with Crippen LogP contribution < -0.4 is 5.32 Å². The number of carbonyl (C=O) groups excluding carboxylic acids is 1. The highest BCUT2D eigenvalue weighted by Gasteiger charge is 2.31. The molecule has 1 saturated heterocycles. The van der Waals surface area contributed by atoms with Crippen LogP contribution in [0, 0.1) is 5.92 Å². The van der Waals surface area contributed by atoms with E-state index in [9.17, 15) is 14.7 Å². The lowest BCUT2D eigenvalue weighted by Crippen LogP contribution is -2.46. The predicted molar refractivity (Wildman–Crippen MR) is 52.4 cm³/mol. The number of aliphatic hydroxyl groups is 1. The highest BCUT2D eigenvalue weighted by molar-refractivity contribution is 5.82. The normalized spacial score (nSPS) is 27.5. The molecule has 1 aliphatic rings. The fourth-order valence-electron chi connectivity index (χ4n) is 1.45. The molecule has 6 heteroatoms. The predicted octanol–water partition coefficient (Wildman–Crippen LogP) is -0.518. The molecule has 15 heavy (non-hydrogen) atoms. The van der Waals surface area contributed by atoms with Gasteiger partial charge < -0.3 is 20.4 Å². The molecule has 0 aliphatic carbocycles. The molecule has 86 valence electrons. The van der Waals surface area contributed by atoms with Gasteiger partial charge in [-0.15, -0.1) is 0 Å². The minimum atomic E-state index is -1.07. The maximum Gasteiger partial charge on any atom is 0.325 e. The summed E-state index contributed by atoms with van der Waals surface area (Å²) in [6.07, 6.45) is -0.518. The molecule has 1 rings (SSSR count). The molecule has 6 nitrogen and oxygen atoms in total. The molecule has 0 bridgehead atoms. The van der Waals surface area contributed by atoms with Gasteiger partial charge in [-0.1, -0.05) is 6.92 Å². The Morgan fingerprint density at radius 3 is 2.47 bits per heavy atom. The van der Waals surface area contributed by atoms with Crippen molar-refractivity contribution in [2.45, 2.75) is 26.0 Å². The molecular weight excluding hydrogens is 200 g/mol. The van der Waals surface area contributed by atoms with Gasteiger partial charge in [0.15, 0.2) is 0 Å². The second-order valence-electron chi connectivity index (χ2n) is 3.96. The molecule has 1 heterocycles. The Bertz CT molecular complexity index is 259. The van der Waals surface area contributed by atoms with Gasteiger partial charge in [-0.05, 0) is 6.92 Å². The lowest BCUT2D eigenvalue weighted by Gasteiger charge is -2.18. The number of nitrogens with one attached hydrogen (secondary N) is 1. The summed E-state index contributed by atoms with van der Waals surface area (Å²) in [6.45, 7) is 3.97. The molecule has 2 unspecified atom stereocenters. The Balaban J connectivity index is 2.45. The molecule has 3 N–H and O–H groups in total. The minimum Gasteiger partial charge on any atom is -0.480 e. The topological polar surface area (TPSA) is 89.9 Å². The monoisotopic (exact) mass is 216 g/mol. The average molecular weight is 216 g/mol. The van der Waals surface area contributed by atoms with Gasteiger partial charge in [0, 0.05) is 19.0 Å². The van der Waals surface area contributed by atoms with Crippen LogP contribution in [0.15, 0.2) is 0 Å². The van der Waals surface area contributed by atoms with Gasteiger partial charge in [-0.2, -0.15) is 0 Å². The van der Waals surface area contributed by atoms with Crippen LogP contribution in [0.3, 0.4) is 0 Å². The summed E-state index contributed by atoms with van der Waals surface area (Å²) in [4.78, 5) is 23.4. The Kier molecular flexibility index (Phi) is 3.52. The summed E-state index contributed by atoms with van der Waals surface area (Å²) in [6, 6.07) is -1.35. The quantitative estimate of drug-likeness (QED) is 0.579. The molecule has 0 aromatic rings. The van der Waals surface area contributed by atoms with Gasteiger partial charge in [0.05, 0.1) is 6.10 Å². The van der Waals surface area contributed by atoms with E-state index in [1.165, 1.54) is 11.8 Å². The molecular formula is C9H16N2O4. The number of amides is 2. The fourth-order valence-corrected chi connectivity index (χ4v) is 1.45. The van der Waals surface area contributed by atoms with Gasteiger partial charge in [-0.3, -0.25) is 4.79 Å². The van der Waals surface area contributed by atoms with Crippen molar-refractivity contribution in [3.63, 3.8) is 0 Å². The zero-order valence-electron chi connectivity index (χ0n) is 8.80. The largest absolute Gasteiger partial charge is 0.480 e. The first-order chi connectivity index (χ1) is 6.91. The van der Waals surface area contributed by atoms with E-state index in [2.05, 4.69) is 5.32 Å². The van der Waals surface area contributed by atoms with Crippen molar-refractivity contribution >= 4 is 12.0 Å². The molecule has 2 amide bonds. The lowest BCUT2D eigenvalue weighted by molar-refractivity contribution is -0.138. The minimum absolute atomic E-state index is 0.0379. The van der Waals surface area contributed by atoms with Crippen LogP contribution in [0.4, 0.5) is 4.79 Å². The van der Waals surface area contributed by atoms with E-state index in [0.29, 0.717) is 6.54 Å². The maximum atomic E-state index is 11.5. The standard InChI is InChI=1S/C9H16N2O4/c1-5-3-11(4-7(5)12)9(15)10-6(2)8(13)14/h5-7,12H,3-4H2,1-2H3,(H,10,15)(H,13,14)/t5?,6-,7?/m0/s1. The number of likely N-dealkylation sites (tertiary alicyclic amines) is 1. The second kappa shape index (κ2) is 4.48. The Morgan fingerprint density at radius 2 is 2.07 bits per heavy atom. The first-order valence-electron chi connectivity index (χ1n) is 4.88. The van der Waals surface area contributed by atoms with Crippen LogP contribution in [0.1, 0.15) is 13.8 Å². The zero-order valence-corrected chi connectivity index (χ0v) is 8.80. The van der Waals surface area contributed by atoms with Crippen LogP contribution in [0.25, 0.3) is 0 Å². The number of hydrogen-bond acceptors (Lipinski definition) is 3. The highest BCUT2D eigenvalue weighted by atomic mass is 16.4. The summed E-state index contributed by atoms with van der Waals surface area (Å²) in [5.41, 5.74) is 0.